The topological polar surface area (TPSA) is 29.3 Å². The van der Waals surface area contributed by atoms with Gasteiger partial charge >= 0.3 is 5.78 Å². The summed E-state index contributed by atoms with van der Waals surface area (Å²) in [6, 6.07) is 17.2. The van der Waals surface area contributed by atoms with Gasteiger partial charge in [-0.3, -0.25) is 0 Å². The first-order chi connectivity index (χ1) is 13.3. The van der Waals surface area contributed by atoms with Crippen LogP contribution in [0, 0.1) is 0 Å². The van der Waals surface area contributed by atoms with Crippen LogP contribution in [0.2, 0.25) is 0 Å². The molecule has 4 nitrogen and oxygen atoms in total. The summed E-state index contributed by atoms with van der Waals surface area (Å²) in [5.41, 5.74) is 4.95. The molecule has 5 rings (SSSR count). The van der Waals surface area contributed by atoms with E-state index in [4.69, 9.17) is 0 Å². The number of imidazole rings is 2. The molecule has 5 heteroatoms. The highest BCUT2D eigenvalue weighted by atomic mass is 79.9. The summed E-state index contributed by atoms with van der Waals surface area (Å²) in [7, 11) is 0. The highest BCUT2D eigenvalue weighted by Gasteiger charge is 2.23. The number of nitrogens with one attached hydrogen (secondary N) is 2. The Bertz CT molecular complexity index is 1070. The minimum atomic E-state index is 1.04. The maximum absolute atomic E-state index is 3.64. The number of hydrogen-bond donors (Lipinski definition) is 2. The number of H-pyrrole nitrogens is 1. The van der Waals surface area contributed by atoms with Crippen LogP contribution in [-0.2, 0) is 6.54 Å². The summed E-state index contributed by atoms with van der Waals surface area (Å²) in [6.07, 6.45) is 6.27. The summed E-state index contributed by atoms with van der Waals surface area (Å²) in [5.74, 6) is 1.17. The summed E-state index contributed by atoms with van der Waals surface area (Å²) in [6.45, 7) is 5.01. The number of halogens is 1. The molecule has 2 aromatic carbocycles. The second kappa shape index (κ2) is 7.13. The van der Waals surface area contributed by atoms with Crippen LogP contribution in [0.25, 0.3) is 28.1 Å². The summed E-state index contributed by atoms with van der Waals surface area (Å²) in [4.78, 5) is 5.41. The maximum atomic E-state index is 3.64. The van der Waals surface area contributed by atoms with Gasteiger partial charge in [-0.25, -0.2) is 9.55 Å². The van der Waals surface area contributed by atoms with Crippen LogP contribution >= 0.6 is 15.9 Å². The molecule has 1 fully saturated rings. The Morgan fingerprint density at radius 1 is 1.04 bits per heavy atom. The van der Waals surface area contributed by atoms with Crippen molar-refractivity contribution in [3.8, 4) is 11.3 Å². The van der Waals surface area contributed by atoms with Crippen molar-refractivity contribution in [1.29, 1.82) is 0 Å². The van der Waals surface area contributed by atoms with Gasteiger partial charge in [0.25, 0.3) is 0 Å². The van der Waals surface area contributed by atoms with Crippen molar-refractivity contribution < 1.29 is 9.30 Å². The summed E-state index contributed by atoms with van der Waals surface area (Å²) < 4.78 is 5.87. The average molecular weight is 425 g/mol. The molecule has 0 amide bonds. The van der Waals surface area contributed by atoms with Crippen LogP contribution in [0.4, 0.5) is 0 Å². The zero-order valence-electron chi connectivity index (χ0n) is 15.4. The number of aromatic nitrogens is 3. The highest BCUT2D eigenvalue weighted by molar-refractivity contribution is 9.10. The van der Waals surface area contributed by atoms with Gasteiger partial charge in [0, 0.05) is 29.3 Å². The van der Waals surface area contributed by atoms with Crippen molar-refractivity contribution in [2.24, 2.45) is 0 Å². The smallest absolute Gasteiger partial charge is 0.335 e. The molecule has 1 aliphatic heterocycles. The number of aromatic amines is 1. The van der Waals surface area contributed by atoms with Gasteiger partial charge < -0.3 is 4.90 Å². The van der Waals surface area contributed by atoms with Crippen molar-refractivity contribution in [3.05, 3.63) is 59.2 Å². The normalized spacial score (nSPS) is 15.3. The van der Waals surface area contributed by atoms with E-state index in [2.05, 4.69) is 84.6 Å². The molecule has 27 heavy (non-hydrogen) atoms. The maximum Gasteiger partial charge on any atom is 0.368 e. The molecular formula is C22H25BrN4+2. The Balaban J connectivity index is 1.55. The minimum absolute atomic E-state index is 1.04. The summed E-state index contributed by atoms with van der Waals surface area (Å²) >= 11 is 3.55. The van der Waals surface area contributed by atoms with Crippen LogP contribution < -0.4 is 9.30 Å². The molecule has 0 aliphatic carbocycles. The second-order valence-corrected chi connectivity index (χ2v) is 8.48. The standard InChI is InChI=1S/C22H23BrN4/c23-18-10-8-17(9-11-18)21-16-27-20-7-2-1-6-19(20)24-22(27)26(21)15-5-14-25-12-3-4-13-25/h1-2,6-11,16H,3-5,12-15H2/p+2. The lowest BCUT2D eigenvalue weighted by atomic mass is 10.1. The van der Waals surface area contributed by atoms with Crippen molar-refractivity contribution in [1.82, 2.24) is 9.55 Å². The van der Waals surface area contributed by atoms with Gasteiger partial charge in [0.2, 0.25) is 0 Å². The van der Waals surface area contributed by atoms with Gasteiger partial charge in [0.1, 0.15) is 22.9 Å². The number of hydrogen-bond acceptors (Lipinski definition) is 0. The monoisotopic (exact) mass is 424 g/mol. The molecule has 0 atom stereocenters. The lowest BCUT2D eigenvalue weighted by Crippen LogP contribution is -3.10. The van der Waals surface area contributed by atoms with Crippen molar-refractivity contribution in [2.75, 3.05) is 19.6 Å². The molecule has 0 saturated carbocycles. The number of quaternary nitrogens is 1. The lowest BCUT2D eigenvalue weighted by molar-refractivity contribution is -0.887. The van der Waals surface area contributed by atoms with E-state index in [1.54, 1.807) is 4.90 Å². The second-order valence-electron chi connectivity index (χ2n) is 7.57. The van der Waals surface area contributed by atoms with Gasteiger partial charge in [-0.15, -0.1) is 0 Å². The average Bonchev–Trinajstić information content (AvgIpc) is 3.39. The van der Waals surface area contributed by atoms with E-state index in [1.807, 2.05) is 0 Å². The first-order valence-electron chi connectivity index (χ1n) is 9.91. The molecule has 138 valence electrons. The highest BCUT2D eigenvalue weighted by Crippen LogP contribution is 2.24. The van der Waals surface area contributed by atoms with Crippen LogP contribution in [0.15, 0.2) is 59.2 Å². The van der Waals surface area contributed by atoms with Crippen LogP contribution in [0.3, 0.4) is 0 Å². The van der Waals surface area contributed by atoms with Crippen LogP contribution in [-0.4, -0.2) is 29.2 Å². The van der Waals surface area contributed by atoms with E-state index in [9.17, 15) is 0 Å². The van der Waals surface area contributed by atoms with E-state index in [0.29, 0.717) is 0 Å². The molecule has 3 heterocycles. The summed E-state index contributed by atoms with van der Waals surface area (Å²) in [5, 5.41) is 0. The molecule has 2 N–H and O–H groups in total. The molecule has 0 spiro atoms. The first-order valence-corrected chi connectivity index (χ1v) is 10.7. The number of rotatable bonds is 5. The molecule has 0 unspecified atom stereocenters. The Kier molecular flexibility index (Phi) is 4.50. The Morgan fingerprint density at radius 3 is 2.63 bits per heavy atom. The van der Waals surface area contributed by atoms with Crippen molar-refractivity contribution >= 4 is 32.7 Å². The van der Waals surface area contributed by atoms with E-state index >= 15 is 0 Å². The third-order valence-electron chi connectivity index (χ3n) is 5.80. The number of fused-ring (bicyclic) bond motifs is 3. The Morgan fingerprint density at radius 2 is 1.81 bits per heavy atom. The molecule has 1 aliphatic rings. The fraction of sp³-hybridized carbons (Fsp3) is 0.318. The van der Waals surface area contributed by atoms with Gasteiger partial charge in [-0.05, 0) is 24.3 Å². The van der Waals surface area contributed by atoms with E-state index in [1.165, 1.54) is 67.0 Å². The molecule has 4 aromatic rings. The van der Waals surface area contributed by atoms with E-state index < -0.39 is 0 Å². The zero-order valence-corrected chi connectivity index (χ0v) is 17.0. The molecule has 0 bridgehead atoms. The molecular weight excluding hydrogens is 400 g/mol. The van der Waals surface area contributed by atoms with Gasteiger partial charge in [-0.1, -0.05) is 40.2 Å². The van der Waals surface area contributed by atoms with Crippen molar-refractivity contribution in [2.45, 2.75) is 25.8 Å². The number of benzene rings is 2. The predicted molar refractivity (Wildman–Crippen MR) is 112 cm³/mol. The Labute approximate surface area is 167 Å². The van der Waals surface area contributed by atoms with E-state index in [0.717, 1.165) is 11.0 Å². The van der Waals surface area contributed by atoms with Gasteiger partial charge in [0.15, 0.2) is 0 Å². The minimum Gasteiger partial charge on any atom is -0.335 e. The third-order valence-corrected chi connectivity index (χ3v) is 6.33. The van der Waals surface area contributed by atoms with Crippen LogP contribution in [0.1, 0.15) is 19.3 Å². The van der Waals surface area contributed by atoms with E-state index in [-0.39, 0.29) is 0 Å². The quantitative estimate of drug-likeness (QED) is 0.460. The fourth-order valence-electron chi connectivity index (χ4n) is 4.41. The number of likely N-dealkylation sites (tertiary alicyclic amines) is 1. The lowest BCUT2D eigenvalue weighted by Gasteiger charge is -2.11. The largest absolute Gasteiger partial charge is 0.368 e. The third kappa shape index (κ3) is 3.19. The van der Waals surface area contributed by atoms with Gasteiger partial charge in [-0.2, -0.15) is 4.40 Å². The zero-order chi connectivity index (χ0) is 18.2. The molecule has 1 saturated heterocycles. The number of nitrogens with zero attached hydrogens (tertiary/aromatic N) is 2. The Hall–Kier alpha value is -2.11. The molecule has 0 radical (unpaired) electrons. The number of para-hydroxylation sites is 2. The van der Waals surface area contributed by atoms with Crippen LogP contribution in [0.5, 0.6) is 0 Å². The van der Waals surface area contributed by atoms with Crippen molar-refractivity contribution in [3.63, 3.8) is 0 Å². The molecule has 2 aromatic heterocycles. The fourth-order valence-corrected chi connectivity index (χ4v) is 4.67. The van der Waals surface area contributed by atoms with Gasteiger partial charge in [0.05, 0.1) is 26.2 Å². The predicted octanol–water partition coefficient (Wildman–Crippen LogP) is 3.21. The first kappa shape index (κ1) is 17.0. The number of aryl methyl sites for hydroxylation is 1. The SMILES string of the molecule is Brc1ccc(-c2c[n+]3c4ccccc4[nH]c3n2CCC[NH+]2CCCC2)cc1.